The van der Waals surface area contributed by atoms with E-state index in [1.165, 1.54) is 51.4 Å². The smallest absolute Gasteiger partial charge is 0.462 e. The van der Waals surface area contributed by atoms with E-state index in [1.54, 1.807) is 0 Å². The Bertz CT molecular complexity index is 1330. The Balaban J connectivity index is 3.22. The topological polar surface area (TPSA) is 224 Å². The summed E-state index contributed by atoms with van der Waals surface area (Å²) in [5.74, 6) is -2.48. The fourth-order valence-corrected chi connectivity index (χ4v) is 9.42. The summed E-state index contributed by atoms with van der Waals surface area (Å²) in [6, 6.07) is -1.62. The monoisotopic (exact) mass is 992 g/mol. The number of amides is 1. The number of hydrogen-bond acceptors (Lipinski definition) is 12. The van der Waals surface area contributed by atoms with Crippen LogP contribution in [-0.2, 0) is 47.2 Å². The third-order valence-electron chi connectivity index (χ3n) is 12.8. The highest BCUT2D eigenvalue weighted by atomic mass is 31.2. The van der Waals surface area contributed by atoms with Crippen LogP contribution in [0.4, 0.5) is 0 Å². The van der Waals surface area contributed by atoms with Crippen molar-refractivity contribution < 1.29 is 67.2 Å². The maximum absolute atomic E-state index is 13.9. The van der Waals surface area contributed by atoms with E-state index < -0.39 is 87.5 Å². The van der Waals surface area contributed by atoms with Crippen molar-refractivity contribution in [3.05, 3.63) is 0 Å². The van der Waals surface area contributed by atoms with E-state index in [0.29, 0.717) is 38.5 Å². The van der Waals surface area contributed by atoms with E-state index in [4.69, 9.17) is 23.5 Å². The molecule has 5 N–H and O–H groups in total. The minimum absolute atomic E-state index is 0.195. The molecule has 1 heterocycles. The maximum Gasteiger partial charge on any atom is 0.470 e. The lowest BCUT2D eigenvalue weighted by atomic mass is 9.96. The summed E-state index contributed by atoms with van der Waals surface area (Å²) in [7, 11) is -5.33. The number of carbonyl (C=O) groups excluding carboxylic acids is 4. The number of unbranched alkanes of at least 4 members (excludes halogenated alkanes) is 26. The van der Waals surface area contributed by atoms with Crippen LogP contribution in [0, 0.1) is 0 Å². The first kappa shape index (κ1) is 63.9. The van der Waals surface area contributed by atoms with E-state index in [0.717, 1.165) is 116 Å². The van der Waals surface area contributed by atoms with E-state index in [9.17, 15) is 43.7 Å². The van der Waals surface area contributed by atoms with Crippen molar-refractivity contribution in [1.82, 2.24) is 5.32 Å². The van der Waals surface area contributed by atoms with Crippen molar-refractivity contribution in [1.29, 1.82) is 0 Å². The van der Waals surface area contributed by atoms with Gasteiger partial charge in [0.25, 0.3) is 0 Å². The van der Waals surface area contributed by atoms with Crippen LogP contribution in [0.25, 0.3) is 0 Å². The summed E-state index contributed by atoms with van der Waals surface area (Å²) in [5.41, 5.74) is 0. The number of ether oxygens (including phenoxy) is 4. The number of nitrogens with one attached hydrogen (secondary N) is 1. The first-order valence-electron chi connectivity index (χ1n) is 27.3. The molecule has 0 radical (unpaired) electrons. The maximum atomic E-state index is 13.9. The molecular formula is C52H98NO14P. The molecule has 1 aliphatic heterocycles. The molecule has 1 aliphatic rings. The van der Waals surface area contributed by atoms with Crippen LogP contribution in [0.3, 0.4) is 0 Å². The Morgan fingerprint density at radius 2 is 0.897 bits per heavy atom. The second-order valence-corrected chi connectivity index (χ2v) is 20.4. The normalized spacial score (nSPS) is 19.3. The van der Waals surface area contributed by atoms with Gasteiger partial charge in [0, 0.05) is 12.8 Å². The molecule has 1 saturated heterocycles. The predicted octanol–water partition coefficient (Wildman–Crippen LogP) is 11.5. The molecule has 0 aromatic rings. The molecule has 68 heavy (non-hydrogen) atoms. The summed E-state index contributed by atoms with van der Waals surface area (Å²) in [5, 5.41) is 24.0. The summed E-state index contributed by atoms with van der Waals surface area (Å²) in [6.45, 7) is 7.77. The zero-order valence-electron chi connectivity index (χ0n) is 43.0. The van der Waals surface area contributed by atoms with Crippen molar-refractivity contribution in [3.63, 3.8) is 0 Å². The van der Waals surface area contributed by atoms with Gasteiger partial charge < -0.3 is 44.3 Å². The lowest BCUT2D eigenvalue weighted by Gasteiger charge is -2.43. The predicted molar refractivity (Wildman–Crippen MR) is 265 cm³/mol. The van der Waals surface area contributed by atoms with Gasteiger partial charge in [-0.15, -0.1) is 0 Å². The highest BCUT2D eigenvalue weighted by molar-refractivity contribution is 7.46. The van der Waals surface area contributed by atoms with Crippen LogP contribution in [0.2, 0.25) is 0 Å². The van der Waals surface area contributed by atoms with Crippen LogP contribution in [0.1, 0.15) is 259 Å². The fraction of sp³-hybridized carbons (Fsp3) is 0.923. The molecule has 16 heteroatoms. The molecule has 0 unspecified atom stereocenters. The van der Waals surface area contributed by atoms with Crippen LogP contribution in [0.5, 0.6) is 0 Å². The molecule has 15 nitrogen and oxygen atoms in total. The SMILES string of the molecule is CCCCCCCCCCC[C@H](CC(=O)N[C@H]1[C@@H](OC(=O)C[C@@H](CCCCCCCCCCC)OC(=O)CCCCCCCC)[C@H](OP(=O)(O)O)[C@@H](CO)O[C@@H]1O)OC(=O)CCCCCCCC. The minimum atomic E-state index is -5.33. The number of esters is 3. The van der Waals surface area contributed by atoms with Gasteiger partial charge in [-0.1, -0.05) is 195 Å². The fourth-order valence-electron chi connectivity index (χ4n) is 8.84. The summed E-state index contributed by atoms with van der Waals surface area (Å²) >= 11 is 0. The number of carbonyl (C=O) groups is 4. The Kier molecular flexibility index (Phi) is 39.0. The summed E-state index contributed by atoms with van der Waals surface area (Å²) in [4.78, 5) is 73.6. The first-order valence-corrected chi connectivity index (χ1v) is 28.9. The lowest BCUT2D eigenvalue weighted by molar-refractivity contribution is -0.256. The first-order chi connectivity index (χ1) is 32.8. The zero-order valence-corrected chi connectivity index (χ0v) is 43.9. The Morgan fingerprint density at radius 1 is 0.529 bits per heavy atom. The van der Waals surface area contributed by atoms with Gasteiger partial charge in [-0.2, -0.15) is 0 Å². The molecule has 0 aliphatic carbocycles. The van der Waals surface area contributed by atoms with Crippen LogP contribution < -0.4 is 5.32 Å². The minimum Gasteiger partial charge on any atom is -0.462 e. The van der Waals surface area contributed by atoms with Crippen molar-refractivity contribution in [2.75, 3.05) is 6.61 Å². The number of hydrogen-bond donors (Lipinski definition) is 5. The van der Waals surface area contributed by atoms with E-state index in [-0.39, 0.29) is 19.3 Å². The number of rotatable bonds is 45. The van der Waals surface area contributed by atoms with E-state index in [1.807, 2.05) is 0 Å². The molecule has 1 fully saturated rings. The van der Waals surface area contributed by atoms with E-state index >= 15 is 0 Å². The molecule has 400 valence electrons. The van der Waals surface area contributed by atoms with Gasteiger partial charge in [0.05, 0.1) is 19.4 Å². The average molecular weight is 992 g/mol. The molecule has 0 aromatic carbocycles. The second-order valence-electron chi connectivity index (χ2n) is 19.3. The van der Waals surface area contributed by atoms with Gasteiger partial charge in [0.1, 0.15) is 30.5 Å². The molecule has 0 bridgehead atoms. The highest BCUT2D eigenvalue weighted by Gasteiger charge is 2.51. The van der Waals surface area contributed by atoms with Gasteiger partial charge in [-0.05, 0) is 38.5 Å². The van der Waals surface area contributed by atoms with Crippen LogP contribution in [0.15, 0.2) is 0 Å². The Labute approximate surface area is 411 Å². The number of phosphoric ester groups is 1. The Morgan fingerprint density at radius 3 is 1.28 bits per heavy atom. The average Bonchev–Trinajstić information content (AvgIpc) is 3.29. The zero-order chi connectivity index (χ0) is 50.3. The number of phosphoric acid groups is 1. The second kappa shape index (κ2) is 41.5. The van der Waals surface area contributed by atoms with Crippen molar-refractivity contribution >= 4 is 31.6 Å². The molecule has 0 aromatic heterocycles. The largest absolute Gasteiger partial charge is 0.470 e. The van der Waals surface area contributed by atoms with Crippen molar-refractivity contribution in [2.45, 2.75) is 302 Å². The molecule has 0 saturated carbocycles. The molecule has 7 atom stereocenters. The quantitative estimate of drug-likeness (QED) is 0.0166. The molecule has 1 rings (SSSR count). The standard InChI is InChI=1S/C52H98NO14P/c1-5-9-13-17-21-23-25-27-31-35-42(63-46(56)37-33-29-19-15-11-7-3)39-45(55)53-49-51(50(67-68(60,61)62)44(41-54)65-52(49)59)66-48(58)40-43(36-32-28-26-24-22-18-14-10-6-2)64-47(57)38-34-30-20-16-12-8-4/h42-44,49-52,54,59H,5-41H2,1-4H3,(H,53,55)(H2,60,61,62)/t42-,43-,44-,49+,50-,51-,52+/m1/s1. The molecule has 0 spiro atoms. The lowest BCUT2D eigenvalue weighted by Crippen LogP contribution is -2.65. The van der Waals surface area contributed by atoms with E-state index in [2.05, 4.69) is 33.0 Å². The van der Waals surface area contributed by atoms with Gasteiger partial charge in [0.2, 0.25) is 5.91 Å². The molecular weight excluding hydrogens is 894 g/mol. The van der Waals surface area contributed by atoms with Gasteiger partial charge in [0.15, 0.2) is 12.4 Å². The van der Waals surface area contributed by atoms with Crippen LogP contribution >= 0.6 is 7.82 Å². The number of aliphatic hydroxyl groups is 2. The summed E-state index contributed by atoms with van der Waals surface area (Å²) in [6.07, 6.45) is 23.0. The molecule has 1 amide bonds. The summed E-state index contributed by atoms with van der Waals surface area (Å²) < 4.78 is 40.4. The third-order valence-corrected chi connectivity index (χ3v) is 13.3. The highest BCUT2D eigenvalue weighted by Crippen LogP contribution is 2.42. The van der Waals surface area contributed by atoms with Gasteiger partial charge >= 0.3 is 25.7 Å². The van der Waals surface area contributed by atoms with Gasteiger partial charge in [-0.25, -0.2) is 4.57 Å². The van der Waals surface area contributed by atoms with Crippen molar-refractivity contribution in [3.8, 4) is 0 Å². The van der Waals surface area contributed by atoms with Crippen LogP contribution in [-0.4, -0.2) is 93.3 Å². The van der Waals surface area contributed by atoms with Gasteiger partial charge in [-0.3, -0.25) is 23.7 Å². The van der Waals surface area contributed by atoms with Crippen molar-refractivity contribution in [2.24, 2.45) is 0 Å². The number of aliphatic hydroxyl groups excluding tert-OH is 2. The Hall–Kier alpha value is -2.13. The third kappa shape index (κ3) is 33.5.